The van der Waals surface area contributed by atoms with Crippen LogP contribution in [0.2, 0.25) is 0 Å². The zero-order chi connectivity index (χ0) is 20.6. The minimum absolute atomic E-state index is 0. The maximum atomic E-state index is 5.82. The molecule has 1 aromatic heterocycles. The lowest BCUT2D eigenvalue weighted by molar-refractivity contribution is 0.297. The molecule has 0 radical (unpaired) electrons. The highest BCUT2D eigenvalue weighted by molar-refractivity contribution is 14.0. The minimum atomic E-state index is 0. The molecule has 2 aliphatic rings. The van der Waals surface area contributed by atoms with Crippen LogP contribution in [0.25, 0.3) is 0 Å². The molecule has 0 saturated carbocycles. The molecular formula is C23H33IN4O3. The van der Waals surface area contributed by atoms with E-state index in [0.29, 0.717) is 19.1 Å². The fourth-order valence-corrected chi connectivity index (χ4v) is 3.85. The number of fused-ring (bicyclic) bond motifs is 1. The Kier molecular flexibility index (Phi) is 9.32. The predicted molar refractivity (Wildman–Crippen MR) is 134 cm³/mol. The number of aliphatic imine (C=N–C) groups is 1. The maximum absolute atomic E-state index is 5.82. The van der Waals surface area contributed by atoms with Crippen molar-refractivity contribution in [1.82, 2.24) is 10.2 Å². The number of likely N-dealkylation sites (tertiary alicyclic amines) is 1. The second kappa shape index (κ2) is 12.2. The van der Waals surface area contributed by atoms with Gasteiger partial charge in [-0.05, 0) is 49.7 Å². The van der Waals surface area contributed by atoms with E-state index in [0.717, 1.165) is 67.9 Å². The van der Waals surface area contributed by atoms with Crippen molar-refractivity contribution >= 4 is 35.6 Å². The van der Waals surface area contributed by atoms with Crippen LogP contribution in [0.5, 0.6) is 11.5 Å². The fraction of sp³-hybridized carbons (Fsp3) is 0.522. The van der Waals surface area contributed by atoms with Crippen LogP contribution in [0.1, 0.15) is 25.5 Å². The summed E-state index contributed by atoms with van der Waals surface area (Å²) < 4.78 is 17.0. The molecule has 0 spiro atoms. The van der Waals surface area contributed by atoms with Crippen molar-refractivity contribution in [1.29, 1.82) is 0 Å². The van der Waals surface area contributed by atoms with Crippen LogP contribution in [0.15, 0.2) is 46.0 Å². The second-order valence-corrected chi connectivity index (χ2v) is 7.83. The first-order valence-electron chi connectivity index (χ1n) is 11.0. The Balaban J connectivity index is 0.00000272. The van der Waals surface area contributed by atoms with Crippen molar-refractivity contribution in [2.75, 3.05) is 51.3 Å². The van der Waals surface area contributed by atoms with E-state index in [4.69, 9.17) is 18.9 Å². The van der Waals surface area contributed by atoms with Crippen molar-refractivity contribution in [2.45, 2.75) is 26.2 Å². The molecule has 1 unspecified atom stereocenters. The molecule has 1 fully saturated rings. The second-order valence-electron chi connectivity index (χ2n) is 7.83. The number of ether oxygens (including phenoxy) is 2. The van der Waals surface area contributed by atoms with Crippen LogP contribution < -0.4 is 20.1 Å². The number of rotatable bonds is 7. The molecule has 2 aromatic rings. The van der Waals surface area contributed by atoms with Gasteiger partial charge in [-0.1, -0.05) is 6.92 Å². The Morgan fingerprint density at radius 3 is 2.84 bits per heavy atom. The molecule has 31 heavy (non-hydrogen) atoms. The van der Waals surface area contributed by atoms with E-state index in [1.54, 1.807) is 6.26 Å². The average molecular weight is 540 g/mol. The van der Waals surface area contributed by atoms with Gasteiger partial charge in [0.25, 0.3) is 0 Å². The summed E-state index contributed by atoms with van der Waals surface area (Å²) in [7, 11) is 0. The number of furan rings is 1. The molecule has 7 nitrogen and oxygen atoms in total. The quantitative estimate of drug-likeness (QED) is 0.315. The van der Waals surface area contributed by atoms with Crippen molar-refractivity contribution in [3.05, 3.63) is 42.4 Å². The van der Waals surface area contributed by atoms with Gasteiger partial charge in [-0.15, -0.1) is 24.0 Å². The van der Waals surface area contributed by atoms with E-state index >= 15 is 0 Å². The van der Waals surface area contributed by atoms with Crippen molar-refractivity contribution in [3.8, 4) is 11.5 Å². The molecule has 0 amide bonds. The number of guanidine groups is 1. The zero-order valence-electron chi connectivity index (χ0n) is 18.1. The monoisotopic (exact) mass is 540 g/mol. The summed E-state index contributed by atoms with van der Waals surface area (Å²) in [6.45, 7) is 8.57. The first-order chi connectivity index (χ1) is 14.8. The summed E-state index contributed by atoms with van der Waals surface area (Å²) in [5, 5.41) is 6.88. The number of nitrogens with zero attached hydrogens (tertiary/aromatic N) is 2. The van der Waals surface area contributed by atoms with Gasteiger partial charge in [0.2, 0.25) is 0 Å². The van der Waals surface area contributed by atoms with Gasteiger partial charge >= 0.3 is 0 Å². The first kappa shape index (κ1) is 23.7. The SMILES string of the molecule is CCN1CCC(CN=C(NCCc2ccco2)Nc2ccc3c(c2)OCCCO3)C1.I. The lowest BCUT2D eigenvalue weighted by atomic mass is 10.1. The number of anilines is 1. The van der Waals surface area contributed by atoms with Crippen LogP contribution in [-0.4, -0.2) is 56.8 Å². The molecule has 3 heterocycles. The Hall–Kier alpha value is -1.94. The first-order valence-corrected chi connectivity index (χ1v) is 11.0. The van der Waals surface area contributed by atoms with E-state index in [1.165, 1.54) is 13.0 Å². The molecule has 0 bridgehead atoms. The average Bonchev–Trinajstić information content (AvgIpc) is 3.39. The summed E-state index contributed by atoms with van der Waals surface area (Å²) in [4.78, 5) is 7.37. The van der Waals surface area contributed by atoms with Crippen LogP contribution in [0.3, 0.4) is 0 Å². The lowest BCUT2D eigenvalue weighted by Crippen LogP contribution is -2.33. The molecule has 170 valence electrons. The van der Waals surface area contributed by atoms with E-state index in [-0.39, 0.29) is 24.0 Å². The largest absolute Gasteiger partial charge is 0.490 e. The van der Waals surface area contributed by atoms with Crippen LogP contribution in [-0.2, 0) is 6.42 Å². The Labute approximate surface area is 201 Å². The van der Waals surface area contributed by atoms with Gasteiger partial charge in [0.05, 0.1) is 19.5 Å². The van der Waals surface area contributed by atoms with E-state index < -0.39 is 0 Å². The summed E-state index contributed by atoms with van der Waals surface area (Å²) in [5.74, 6) is 3.94. The topological polar surface area (TPSA) is 71.3 Å². The smallest absolute Gasteiger partial charge is 0.195 e. The number of nitrogens with one attached hydrogen (secondary N) is 2. The summed E-state index contributed by atoms with van der Waals surface area (Å²) >= 11 is 0. The summed E-state index contributed by atoms with van der Waals surface area (Å²) in [6, 6.07) is 9.86. The van der Waals surface area contributed by atoms with Gasteiger partial charge in [0, 0.05) is 44.2 Å². The third kappa shape index (κ3) is 7.03. The molecule has 1 saturated heterocycles. The van der Waals surface area contributed by atoms with Gasteiger partial charge in [-0.3, -0.25) is 4.99 Å². The van der Waals surface area contributed by atoms with E-state index in [1.807, 2.05) is 30.3 Å². The molecule has 1 atom stereocenters. The molecule has 1 aromatic carbocycles. The Morgan fingerprint density at radius 1 is 1.19 bits per heavy atom. The molecule has 4 rings (SSSR count). The number of hydrogen-bond donors (Lipinski definition) is 2. The highest BCUT2D eigenvalue weighted by Crippen LogP contribution is 2.32. The van der Waals surface area contributed by atoms with Gasteiger partial charge < -0.3 is 29.4 Å². The number of benzene rings is 1. The maximum Gasteiger partial charge on any atom is 0.195 e. The molecule has 2 aliphatic heterocycles. The summed E-state index contributed by atoms with van der Waals surface area (Å²) in [6.07, 6.45) is 4.62. The standard InChI is InChI=1S/C23H32N4O3.HI/c1-2-27-11-9-18(17-27)16-25-23(24-10-8-20-5-3-12-28-20)26-19-6-7-21-22(15-19)30-14-4-13-29-21;/h3,5-7,12,15,18H,2,4,8-11,13-14,16-17H2,1H3,(H2,24,25,26);1H. The zero-order valence-corrected chi connectivity index (χ0v) is 20.5. The molecule has 2 N–H and O–H groups in total. The molecule has 8 heteroatoms. The van der Waals surface area contributed by atoms with Gasteiger partial charge in [0.15, 0.2) is 17.5 Å². The third-order valence-electron chi connectivity index (χ3n) is 5.58. The fourth-order valence-electron chi connectivity index (χ4n) is 3.85. The summed E-state index contributed by atoms with van der Waals surface area (Å²) in [5.41, 5.74) is 0.935. The third-order valence-corrected chi connectivity index (χ3v) is 5.58. The Morgan fingerprint density at radius 2 is 2.06 bits per heavy atom. The van der Waals surface area contributed by atoms with Crippen molar-refractivity contribution in [3.63, 3.8) is 0 Å². The highest BCUT2D eigenvalue weighted by atomic mass is 127. The number of hydrogen-bond acceptors (Lipinski definition) is 5. The molecular weight excluding hydrogens is 507 g/mol. The van der Waals surface area contributed by atoms with Gasteiger partial charge in [0.1, 0.15) is 5.76 Å². The van der Waals surface area contributed by atoms with Gasteiger partial charge in [-0.25, -0.2) is 0 Å². The highest BCUT2D eigenvalue weighted by Gasteiger charge is 2.21. The van der Waals surface area contributed by atoms with Gasteiger partial charge in [-0.2, -0.15) is 0 Å². The predicted octanol–water partition coefficient (Wildman–Crippen LogP) is 4.00. The number of halogens is 1. The minimum Gasteiger partial charge on any atom is -0.490 e. The van der Waals surface area contributed by atoms with Crippen LogP contribution in [0.4, 0.5) is 5.69 Å². The van der Waals surface area contributed by atoms with Crippen molar-refractivity contribution < 1.29 is 13.9 Å². The van der Waals surface area contributed by atoms with E-state index in [2.05, 4.69) is 22.5 Å². The van der Waals surface area contributed by atoms with Crippen LogP contribution in [0, 0.1) is 5.92 Å². The van der Waals surface area contributed by atoms with Crippen LogP contribution >= 0.6 is 24.0 Å². The van der Waals surface area contributed by atoms with Crippen molar-refractivity contribution in [2.24, 2.45) is 10.9 Å². The molecule has 0 aliphatic carbocycles. The normalized spacial score (nSPS) is 18.9. The Bertz CT molecular complexity index is 828. The van der Waals surface area contributed by atoms with E-state index in [9.17, 15) is 0 Å². The lowest BCUT2D eigenvalue weighted by Gasteiger charge is -2.16.